The molecule has 2 aromatic carbocycles. The Morgan fingerprint density at radius 2 is 1.97 bits per heavy atom. The van der Waals surface area contributed by atoms with Crippen molar-refractivity contribution in [3.63, 3.8) is 0 Å². The summed E-state index contributed by atoms with van der Waals surface area (Å²) in [5, 5.41) is 5.55. The Bertz CT molecular complexity index is 1310. The minimum Gasteiger partial charge on any atom is -0.497 e. The standard InChI is InChI=1S/C25H24FN3O2S/c1-16-21-14-22(32-24(21)29(27-16)19-9-7-18(26)8-10-19)23(30)28-12-11-25(2,15-28)17-5-4-6-20(13-17)31-3/h4-10,13-14H,11-12,15H2,1-3H3. The molecule has 0 radical (unpaired) electrons. The van der Waals surface area contributed by atoms with Crippen LogP contribution in [0.4, 0.5) is 4.39 Å². The quantitative estimate of drug-likeness (QED) is 0.422. The molecule has 0 spiro atoms. The van der Waals surface area contributed by atoms with E-state index in [1.807, 2.05) is 30.0 Å². The van der Waals surface area contributed by atoms with Gasteiger partial charge in [-0.25, -0.2) is 9.07 Å². The maximum atomic E-state index is 13.4. The molecule has 3 heterocycles. The number of fused-ring (bicyclic) bond motifs is 1. The molecule has 32 heavy (non-hydrogen) atoms. The molecule has 0 bridgehead atoms. The lowest BCUT2D eigenvalue weighted by atomic mass is 9.82. The maximum absolute atomic E-state index is 13.4. The van der Waals surface area contributed by atoms with Gasteiger partial charge in [-0.3, -0.25) is 4.79 Å². The van der Waals surface area contributed by atoms with Gasteiger partial charge >= 0.3 is 0 Å². The number of amides is 1. The molecular weight excluding hydrogens is 425 g/mol. The summed E-state index contributed by atoms with van der Waals surface area (Å²) in [6.07, 6.45) is 0.902. The SMILES string of the molecule is COc1cccc(C2(C)CCN(C(=O)c3cc4c(C)nn(-c5ccc(F)cc5)c4s3)C2)c1. The van der Waals surface area contributed by atoms with Crippen LogP contribution in [0.5, 0.6) is 5.75 Å². The molecule has 1 amide bonds. The summed E-state index contributed by atoms with van der Waals surface area (Å²) in [5.41, 5.74) is 2.70. The zero-order chi connectivity index (χ0) is 22.5. The normalized spacial score (nSPS) is 18.4. The molecule has 5 nitrogen and oxygen atoms in total. The summed E-state index contributed by atoms with van der Waals surface area (Å²) in [7, 11) is 1.67. The number of carbonyl (C=O) groups excluding carboxylic acids is 1. The molecule has 7 heteroatoms. The van der Waals surface area contributed by atoms with Crippen molar-refractivity contribution in [1.82, 2.24) is 14.7 Å². The number of nitrogens with zero attached hydrogens (tertiary/aromatic N) is 3. The van der Waals surface area contributed by atoms with Crippen LogP contribution < -0.4 is 4.74 Å². The van der Waals surface area contributed by atoms with E-state index in [2.05, 4.69) is 24.2 Å². The summed E-state index contributed by atoms with van der Waals surface area (Å²) in [6, 6.07) is 16.3. The highest BCUT2D eigenvalue weighted by Gasteiger charge is 2.38. The molecule has 5 rings (SSSR count). The fourth-order valence-corrected chi connectivity index (χ4v) is 5.59. The van der Waals surface area contributed by atoms with E-state index >= 15 is 0 Å². The molecule has 2 aromatic heterocycles. The van der Waals surface area contributed by atoms with E-state index < -0.39 is 0 Å². The van der Waals surface area contributed by atoms with Crippen molar-refractivity contribution in [1.29, 1.82) is 0 Å². The van der Waals surface area contributed by atoms with Gasteiger partial charge in [0.2, 0.25) is 0 Å². The third-order valence-corrected chi connectivity index (χ3v) is 7.45. The lowest BCUT2D eigenvalue weighted by Gasteiger charge is -2.25. The van der Waals surface area contributed by atoms with Crippen molar-refractivity contribution in [2.24, 2.45) is 0 Å². The third kappa shape index (κ3) is 3.46. The van der Waals surface area contributed by atoms with Gasteiger partial charge in [0.1, 0.15) is 16.4 Å². The Labute approximate surface area is 190 Å². The molecule has 1 aliphatic rings. The number of hydrogen-bond donors (Lipinski definition) is 0. The molecule has 1 atom stereocenters. The van der Waals surface area contributed by atoms with Crippen molar-refractivity contribution in [2.75, 3.05) is 20.2 Å². The first kappa shape index (κ1) is 20.7. The molecule has 1 saturated heterocycles. The molecule has 164 valence electrons. The predicted octanol–water partition coefficient (Wildman–Crippen LogP) is 5.35. The Hall–Kier alpha value is -3.19. The number of thiophene rings is 1. The van der Waals surface area contributed by atoms with Crippen LogP contribution in [0.15, 0.2) is 54.6 Å². The number of rotatable bonds is 4. The number of ether oxygens (including phenoxy) is 1. The monoisotopic (exact) mass is 449 g/mol. The first-order valence-corrected chi connectivity index (χ1v) is 11.4. The van der Waals surface area contributed by atoms with E-state index in [1.165, 1.54) is 29.0 Å². The van der Waals surface area contributed by atoms with Crippen LogP contribution in [0.2, 0.25) is 0 Å². The van der Waals surface area contributed by atoms with Crippen LogP contribution in [0.1, 0.15) is 34.3 Å². The van der Waals surface area contributed by atoms with E-state index in [0.717, 1.165) is 33.8 Å². The van der Waals surface area contributed by atoms with E-state index in [1.54, 1.807) is 23.9 Å². The van der Waals surface area contributed by atoms with E-state index in [4.69, 9.17) is 4.74 Å². The van der Waals surface area contributed by atoms with E-state index in [0.29, 0.717) is 18.0 Å². The van der Waals surface area contributed by atoms with Crippen LogP contribution in [0, 0.1) is 12.7 Å². The second kappa shape index (κ2) is 7.74. The highest BCUT2D eigenvalue weighted by Crippen LogP contribution is 2.38. The van der Waals surface area contributed by atoms with Gasteiger partial charge in [0.15, 0.2) is 0 Å². The zero-order valence-corrected chi connectivity index (χ0v) is 19.1. The van der Waals surface area contributed by atoms with E-state index in [9.17, 15) is 9.18 Å². The molecule has 0 N–H and O–H groups in total. The number of methoxy groups -OCH3 is 1. The number of benzene rings is 2. The summed E-state index contributed by atoms with van der Waals surface area (Å²) in [4.78, 5) is 16.9. The fourth-order valence-electron chi connectivity index (χ4n) is 4.43. The Morgan fingerprint density at radius 3 is 2.72 bits per heavy atom. The molecule has 1 fully saturated rings. The molecule has 0 saturated carbocycles. The molecule has 4 aromatic rings. The second-order valence-corrected chi connectivity index (χ2v) is 9.60. The lowest BCUT2D eigenvalue weighted by Crippen LogP contribution is -2.32. The van der Waals surface area contributed by atoms with Crippen molar-refractivity contribution < 1.29 is 13.9 Å². The highest BCUT2D eigenvalue weighted by atomic mass is 32.1. The van der Waals surface area contributed by atoms with Crippen molar-refractivity contribution in [3.05, 3.63) is 76.5 Å². The van der Waals surface area contributed by atoms with Gasteiger partial charge in [-0.15, -0.1) is 11.3 Å². The topological polar surface area (TPSA) is 47.4 Å². The van der Waals surface area contributed by atoms with Crippen LogP contribution in [0.3, 0.4) is 0 Å². The number of halogens is 1. The number of aryl methyl sites for hydroxylation is 1. The van der Waals surface area contributed by atoms with E-state index in [-0.39, 0.29) is 17.1 Å². The average molecular weight is 450 g/mol. The summed E-state index contributed by atoms with van der Waals surface area (Å²) < 4.78 is 20.5. The van der Waals surface area contributed by atoms with Gasteiger partial charge in [0, 0.05) is 23.9 Å². The highest BCUT2D eigenvalue weighted by molar-refractivity contribution is 7.20. The van der Waals surface area contributed by atoms with Gasteiger partial charge < -0.3 is 9.64 Å². The second-order valence-electron chi connectivity index (χ2n) is 8.57. The van der Waals surface area contributed by atoms with Crippen molar-refractivity contribution in [3.8, 4) is 11.4 Å². The maximum Gasteiger partial charge on any atom is 0.264 e. The summed E-state index contributed by atoms with van der Waals surface area (Å²) in [5.74, 6) is 0.589. The number of carbonyl (C=O) groups is 1. The molecular formula is C25H24FN3O2S. The van der Waals surface area contributed by atoms with Crippen LogP contribution in [-0.4, -0.2) is 40.8 Å². The largest absolute Gasteiger partial charge is 0.497 e. The van der Waals surface area contributed by atoms with Gasteiger partial charge in [0.25, 0.3) is 5.91 Å². The first-order valence-electron chi connectivity index (χ1n) is 10.6. The summed E-state index contributed by atoms with van der Waals surface area (Å²) in [6.45, 7) is 5.51. The van der Waals surface area contributed by atoms with Gasteiger partial charge in [-0.1, -0.05) is 19.1 Å². The lowest BCUT2D eigenvalue weighted by molar-refractivity contribution is 0.0789. The van der Waals surface area contributed by atoms with Gasteiger partial charge in [-0.05, 0) is 61.4 Å². The first-order chi connectivity index (χ1) is 15.4. The fraction of sp³-hybridized carbons (Fsp3) is 0.280. The minimum atomic E-state index is -0.288. The third-order valence-electron chi connectivity index (χ3n) is 6.35. The Kier molecular flexibility index (Phi) is 5.01. The average Bonchev–Trinajstić information content (AvgIpc) is 3.50. The number of aromatic nitrogens is 2. The minimum absolute atomic E-state index is 0.0443. The van der Waals surface area contributed by atoms with Crippen LogP contribution in [-0.2, 0) is 5.41 Å². The number of likely N-dealkylation sites (tertiary alicyclic amines) is 1. The Balaban J connectivity index is 1.43. The van der Waals surface area contributed by atoms with Crippen molar-refractivity contribution >= 4 is 27.5 Å². The van der Waals surface area contributed by atoms with Gasteiger partial charge in [-0.2, -0.15) is 5.10 Å². The summed E-state index contributed by atoms with van der Waals surface area (Å²) >= 11 is 1.44. The van der Waals surface area contributed by atoms with Crippen LogP contribution in [0.25, 0.3) is 15.9 Å². The smallest absolute Gasteiger partial charge is 0.264 e. The molecule has 1 aliphatic heterocycles. The molecule has 0 aliphatic carbocycles. The van der Waals surface area contributed by atoms with Crippen LogP contribution >= 0.6 is 11.3 Å². The van der Waals surface area contributed by atoms with Gasteiger partial charge in [0.05, 0.1) is 23.4 Å². The predicted molar refractivity (Wildman–Crippen MR) is 125 cm³/mol. The Morgan fingerprint density at radius 1 is 1.19 bits per heavy atom. The van der Waals surface area contributed by atoms with Crippen molar-refractivity contribution in [2.45, 2.75) is 25.7 Å². The zero-order valence-electron chi connectivity index (χ0n) is 18.3. The number of hydrogen-bond acceptors (Lipinski definition) is 4. The molecule has 1 unspecified atom stereocenters.